The molecule has 0 unspecified atom stereocenters. The fourth-order valence-corrected chi connectivity index (χ4v) is 4.06. The molecule has 4 rings (SSSR count). The topological polar surface area (TPSA) is 61.4 Å². The van der Waals surface area contributed by atoms with Gasteiger partial charge in [0.2, 0.25) is 5.91 Å². The highest BCUT2D eigenvalue weighted by molar-refractivity contribution is 5.79. The second-order valence-corrected chi connectivity index (χ2v) is 7.35. The molecular formula is C21H27N5O. The Kier molecular flexibility index (Phi) is 5.51. The van der Waals surface area contributed by atoms with E-state index in [2.05, 4.69) is 37.2 Å². The lowest BCUT2D eigenvalue weighted by molar-refractivity contribution is -0.124. The normalized spacial score (nSPS) is 17.9. The number of anilines is 2. The fraction of sp³-hybridized carbons (Fsp3) is 0.476. The fourth-order valence-electron chi connectivity index (χ4n) is 4.06. The summed E-state index contributed by atoms with van der Waals surface area (Å²) in [5.74, 6) is 2.42. The standard InChI is InChI=1S/C21H27N5O/c27-21(17-6-1-2-7-17)24-16-18-8-5-11-23-20(18)26-14-12-25(13-15-26)19-9-3-4-10-22-19/h3-5,8-11,17H,1-2,6-7,12-16H2,(H,24,27). The average Bonchev–Trinajstić information content (AvgIpc) is 3.28. The zero-order valence-corrected chi connectivity index (χ0v) is 15.7. The number of carbonyl (C=O) groups is 1. The van der Waals surface area contributed by atoms with Gasteiger partial charge in [0.15, 0.2) is 0 Å². The smallest absolute Gasteiger partial charge is 0.223 e. The maximum Gasteiger partial charge on any atom is 0.223 e. The second kappa shape index (κ2) is 8.37. The minimum Gasteiger partial charge on any atom is -0.353 e. The van der Waals surface area contributed by atoms with E-state index in [9.17, 15) is 4.79 Å². The minimum absolute atomic E-state index is 0.197. The number of nitrogens with one attached hydrogen (secondary N) is 1. The predicted octanol–water partition coefficient (Wildman–Crippen LogP) is 2.61. The molecule has 6 heteroatoms. The summed E-state index contributed by atoms with van der Waals surface area (Å²) >= 11 is 0. The van der Waals surface area contributed by atoms with Gasteiger partial charge in [0.25, 0.3) is 0 Å². The zero-order valence-electron chi connectivity index (χ0n) is 15.7. The quantitative estimate of drug-likeness (QED) is 0.883. The third kappa shape index (κ3) is 4.21. The predicted molar refractivity (Wildman–Crippen MR) is 107 cm³/mol. The number of hydrogen-bond acceptors (Lipinski definition) is 5. The molecule has 1 amide bonds. The van der Waals surface area contributed by atoms with Gasteiger partial charge in [-0.2, -0.15) is 0 Å². The number of amides is 1. The van der Waals surface area contributed by atoms with Crippen molar-refractivity contribution < 1.29 is 4.79 Å². The number of pyridine rings is 2. The van der Waals surface area contributed by atoms with Gasteiger partial charge in [-0.15, -0.1) is 0 Å². The molecule has 3 heterocycles. The summed E-state index contributed by atoms with van der Waals surface area (Å²) in [6.45, 7) is 4.19. The van der Waals surface area contributed by atoms with Gasteiger partial charge >= 0.3 is 0 Å². The first-order valence-electron chi connectivity index (χ1n) is 9.94. The lowest BCUT2D eigenvalue weighted by Gasteiger charge is -2.36. The van der Waals surface area contributed by atoms with Gasteiger partial charge in [-0.3, -0.25) is 4.79 Å². The summed E-state index contributed by atoms with van der Waals surface area (Å²) in [5.41, 5.74) is 1.09. The van der Waals surface area contributed by atoms with Crippen molar-refractivity contribution in [1.29, 1.82) is 0 Å². The molecule has 0 aromatic carbocycles. The molecule has 0 spiro atoms. The van der Waals surface area contributed by atoms with Crippen molar-refractivity contribution in [1.82, 2.24) is 15.3 Å². The molecule has 2 aromatic rings. The summed E-state index contributed by atoms with van der Waals surface area (Å²) in [5, 5.41) is 3.13. The molecule has 142 valence electrons. The third-order valence-corrected chi connectivity index (χ3v) is 5.60. The molecule has 0 radical (unpaired) electrons. The molecule has 1 saturated heterocycles. The van der Waals surface area contributed by atoms with E-state index in [1.165, 1.54) is 12.8 Å². The van der Waals surface area contributed by atoms with Crippen LogP contribution in [0.3, 0.4) is 0 Å². The Balaban J connectivity index is 1.37. The van der Waals surface area contributed by atoms with Gasteiger partial charge < -0.3 is 15.1 Å². The van der Waals surface area contributed by atoms with Gasteiger partial charge in [0.1, 0.15) is 11.6 Å². The monoisotopic (exact) mass is 365 g/mol. The molecule has 0 bridgehead atoms. The van der Waals surface area contributed by atoms with Crippen LogP contribution in [0.4, 0.5) is 11.6 Å². The number of piperazine rings is 1. The Hall–Kier alpha value is -2.63. The van der Waals surface area contributed by atoms with Gasteiger partial charge in [-0.05, 0) is 31.0 Å². The van der Waals surface area contributed by atoms with Gasteiger partial charge in [-0.1, -0.05) is 25.0 Å². The summed E-state index contributed by atoms with van der Waals surface area (Å²) < 4.78 is 0. The van der Waals surface area contributed by atoms with E-state index >= 15 is 0 Å². The van der Waals surface area contributed by atoms with E-state index in [0.29, 0.717) is 6.54 Å². The number of rotatable bonds is 5. The first kappa shape index (κ1) is 17.8. The number of carbonyl (C=O) groups excluding carboxylic acids is 1. The summed E-state index contributed by atoms with van der Waals surface area (Å²) in [4.78, 5) is 26.0. The maximum absolute atomic E-state index is 12.3. The van der Waals surface area contributed by atoms with E-state index in [0.717, 1.165) is 56.2 Å². The molecule has 2 fully saturated rings. The van der Waals surface area contributed by atoms with Crippen molar-refractivity contribution in [2.24, 2.45) is 5.92 Å². The molecule has 1 aliphatic heterocycles. The van der Waals surface area contributed by atoms with Crippen molar-refractivity contribution >= 4 is 17.5 Å². The van der Waals surface area contributed by atoms with Crippen LogP contribution in [0, 0.1) is 5.92 Å². The highest BCUT2D eigenvalue weighted by Crippen LogP contribution is 2.25. The second-order valence-electron chi connectivity index (χ2n) is 7.35. The first-order valence-corrected chi connectivity index (χ1v) is 9.94. The molecular weight excluding hydrogens is 338 g/mol. The Morgan fingerprint density at radius 1 is 0.963 bits per heavy atom. The van der Waals surface area contributed by atoms with Crippen molar-refractivity contribution in [3.63, 3.8) is 0 Å². The summed E-state index contributed by atoms with van der Waals surface area (Å²) in [6, 6.07) is 10.0. The lowest BCUT2D eigenvalue weighted by Crippen LogP contribution is -2.47. The molecule has 1 aliphatic carbocycles. The van der Waals surface area contributed by atoms with Crippen LogP contribution in [0.1, 0.15) is 31.2 Å². The highest BCUT2D eigenvalue weighted by atomic mass is 16.1. The van der Waals surface area contributed by atoms with Crippen LogP contribution < -0.4 is 15.1 Å². The average molecular weight is 365 g/mol. The van der Waals surface area contributed by atoms with Crippen molar-refractivity contribution in [3.05, 3.63) is 48.3 Å². The first-order chi connectivity index (χ1) is 13.3. The van der Waals surface area contributed by atoms with E-state index in [1.807, 2.05) is 30.6 Å². The summed E-state index contributed by atoms with van der Waals surface area (Å²) in [7, 11) is 0. The Labute approximate surface area is 160 Å². The van der Waals surface area contributed by atoms with Crippen LogP contribution in [0.15, 0.2) is 42.7 Å². The molecule has 2 aromatic heterocycles. The van der Waals surface area contributed by atoms with Crippen LogP contribution in [0.5, 0.6) is 0 Å². The highest BCUT2D eigenvalue weighted by Gasteiger charge is 2.24. The number of nitrogens with zero attached hydrogens (tertiary/aromatic N) is 4. The van der Waals surface area contributed by atoms with E-state index in [4.69, 9.17) is 0 Å². The van der Waals surface area contributed by atoms with Crippen LogP contribution in [0.2, 0.25) is 0 Å². The Morgan fingerprint density at radius 2 is 1.70 bits per heavy atom. The zero-order chi connectivity index (χ0) is 18.5. The molecule has 0 atom stereocenters. The molecule has 2 aliphatic rings. The third-order valence-electron chi connectivity index (χ3n) is 5.60. The molecule has 6 nitrogen and oxygen atoms in total. The van der Waals surface area contributed by atoms with Crippen LogP contribution in [-0.4, -0.2) is 42.1 Å². The van der Waals surface area contributed by atoms with E-state index < -0.39 is 0 Å². The summed E-state index contributed by atoms with van der Waals surface area (Å²) in [6.07, 6.45) is 8.09. The van der Waals surface area contributed by atoms with Gasteiger partial charge in [-0.25, -0.2) is 9.97 Å². The molecule has 1 saturated carbocycles. The van der Waals surface area contributed by atoms with Gasteiger partial charge in [0.05, 0.1) is 0 Å². The van der Waals surface area contributed by atoms with Crippen LogP contribution in [-0.2, 0) is 11.3 Å². The van der Waals surface area contributed by atoms with Crippen LogP contribution in [0.25, 0.3) is 0 Å². The van der Waals surface area contributed by atoms with Crippen LogP contribution >= 0.6 is 0 Å². The minimum atomic E-state index is 0.197. The molecule has 27 heavy (non-hydrogen) atoms. The number of aromatic nitrogens is 2. The maximum atomic E-state index is 12.3. The van der Waals surface area contributed by atoms with Gasteiger partial charge in [0, 0.05) is 56.6 Å². The Bertz CT molecular complexity index is 752. The molecule has 1 N–H and O–H groups in total. The Morgan fingerprint density at radius 3 is 2.44 bits per heavy atom. The largest absolute Gasteiger partial charge is 0.353 e. The van der Waals surface area contributed by atoms with Crippen molar-refractivity contribution in [2.75, 3.05) is 36.0 Å². The lowest BCUT2D eigenvalue weighted by atomic mass is 10.1. The number of hydrogen-bond donors (Lipinski definition) is 1. The SMILES string of the molecule is O=C(NCc1cccnc1N1CCN(c2ccccn2)CC1)C1CCCC1. The van der Waals surface area contributed by atoms with Crippen molar-refractivity contribution in [3.8, 4) is 0 Å². The van der Waals surface area contributed by atoms with E-state index in [-0.39, 0.29) is 11.8 Å². The van der Waals surface area contributed by atoms with Crippen molar-refractivity contribution in [2.45, 2.75) is 32.2 Å². The van der Waals surface area contributed by atoms with E-state index in [1.54, 1.807) is 0 Å².